The molecule has 0 saturated heterocycles. The van der Waals surface area contributed by atoms with Gasteiger partial charge in [-0.15, -0.1) is 0 Å². The minimum absolute atomic E-state index is 0.191. The average Bonchev–Trinajstić information content (AvgIpc) is 3.19. The summed E-state index contributed by atoms with van der Waals surface area (Å²) >= 11 is 0. The van der Waals surface area contributed by atoms with E-state index in [9.17, 15) is 0 Å². The lowest BCUT2D eigenvalue weighted by molar-refractivity contribution is -0.344. The third-order valence-electron chi connectivity index (χ3n) is 7.14. The number of para-hydroxylation sites is 1. The predicted molar refractivity (Wildman–Crippen MR) is 150 cm³/mol. The third-order valence-corrected chi connectivity index (χ3v) is 7.14. The third kappa shape index (κ3) is 4.92. The van der Waals surface area contributed by atoms with Crippen LogP contribution in [0.5, 0.6) is 0 Å². The predicted octanol–water partition coefficient (Wildman–Crippen LogP) is 4.57. The maximum Gasteiger partial charge on any atom is 0.207 e. The zero-order valence-corrected chi connectivity index (χ0v) is 20.9. The first-order valence-electron chi connectivity index (χ1n) is 12.5. The van der Waals surface area contributed by atoms with E-state index in [1.807, 2.05) is 0 Å². The second-order valence-corrected chi connectivity index (χ2v) is 10.5. The van der Waals surface area contributed by atoms with Crippen LogP contribution < -0.4 is 21.4 Å². The quantitative estimate of drug-likeness (QED) is 0.433. The van der Waals surface area contributed by atoms with E-state index in [4.69, 9.17) is 0 Å². The summed E-state index contributed by atoms with van der Waals surface area (Å²) in [4.78, 5) is 3.27. The van der Waals surface area contributed by atoms with E-state index in [1.165, 1.54) is 27.6 Å². The Kier molecular flexibility index (Phi) is 7.17. The van der Waals surface area contributed by atoms with Gasteiger partial charge in [-0.05, 0) is 13.8 Å². The molecule has 0 aliphatic carbocycles. The minimum Gasteiger partial charge on any atom is -0.214 e. The molecule has 1 N–H and O–H groups in total. The van der Waals surface area contributed by atoms with Gasteiger partial charge < -0.3 is 0 Å². The lowest BCUT2D eigenvalue weighted by Crippen LogP contribution is -2.67. The lowest BCUT2D eigenvalue weighted by atomic mass is 9.13. The summed E-state index contributed by atoms with van der Waals surface area (Å²) in [6, 6.07) is 41.5. The molecule has 0 bridgehead atoms. The molecule has 1 heterocycles. The summed E-state index contributed by atoms with van der Waals surface area (Å²) < 4.78 is 0. The molecule has 4 aromatic rings. The van der Waals surface area contributed by atoms with Crippen molar-refractivity contribution in [2.75, 3.05) is 0 Å². The van der Waals surface area contributed by atoms with Crippen LogP contribution in [0.1, 0.15) is 33.3 Å². The molecular weight excluding hydrogens is 409 g/mol. The van der Waals surface area contributed by atoms with Gasteiger partial charge in [-0.25, -0.2) is 4.99 Å². The van der Waals surface area contributed by atoms with Crippen molar-refractivity contribution in [3.63, 3.8) is 0 Å². The van der Waals surface area contributed by atoms with E-state index in [2.05, 4.69) is 154 Å². The van der Waals surface area contributed by atoms with Gasteiger partial charge in [-0.3, -0.25) is 0 Å². The molecule has 0 fully saturated rings. The molecule has 34 heavy (non-hydrogen) atoms. The highest BCUT2D eigenvalue weighted by Gasteiger charge is 2.31. The zero-order valence-electron chi connectivity index (χ0n) is 20.9. The fourth-order valence-corrected chi connectivity index (χ4v) is 5.54. The van der Waals surface area contributed by atoms with Crippen LogP contribution in [-0.4, -0.2) is 12.4 Å². The molecule has 1 nitrogen and oxygen atoms in total. The number of nitrogens with one attached hydrogen (secondary N) is 1. The monoisotopic (exact) mass is 445 g/mol. The summed E-state index contributed by atoms with van der Waals surface area (Å²) in [5, 5.41) is 0. The summed E-state index contributed by atoms with van der Waals surface area (Å²) in [5.41, 5.74) is 7.12. The molecule has 5 rings (SSSR count). The van der Waals surface area contributed by atoms with E-state index < -0.39 is 6.15 Å². The van der Waals surface area contributed by atoms with E-state index in [0.717, 1.165) is 6.32 Å². The van der Waals surface area contributed by atoms with Crippen LogP contribution in [-0.2, 0) is 5.41 Å². The molecule has 0 aromatic heterocycles. The first-order chi connectivity index (χ1) is 16.4. The van der Waals surface area contributed by atoms with Crippen molar-refractivity contribution in [1.29, 1.82) is 0 Å². The van der Waals surface area contributed by atoms with Gasteiger partial charge in [0.25, 0.3) is 0 Å². The van der Waals surface area contributed by atoms with Crippen molar-refractivity contribution in [2.24, 2.45) is 5.92 Å². The van der Waals surface area contributed by atoms with Crippen molar-refractivity contribution < 1.29 is 4.99 Å². The van der Waals surface area contributed by atoms with E-state index in [-0.39, 0.29) is 5.41 Å². The van der Waals surface area contributed by atoms with Crippen molar-refractivity contribution in [1.82, 2.24) is 0 Å². The largest absolute Gasteiger partial charge is 0.214 e. The fraction of sp³-hybridized carbons (Fsp3) is 0.219. The minimum atomic E-state index is -0.949. The van der Waals surface area contributed by atoms with Crippen molar-refractivity contribution >= 4 is 34.4 Å². The highest BCUT2D eigenvalue weighted by molar-refractivity contribution is 7.11. The van der Waals surface area contributed by atoms with Crippen LogP contribution in [0, 0.1) is 5.92 Å². The lowest BCUT2D eigenvalue weighted by Gasteiger charge is -2.44. The Morgan fingerprint density at radius 3 is 1.44 bits per heavy atom. The molecule has 0 saturated carbocycles. The van der Waals surface area contributed by atoms with Crippen molar-refractivity contribution in [3.05, 3.63) is 121 Å². The van der Waals surface area contributed by atoms with Gasteiger partial charge in [0.2, 0.25) is 5.69 Å². The Morgan fingerprint density at radius 2 is 1.03 bits per heavy atom. The molecule has 0 amide bonds. The van der Waals surface area contributed by atoms with Crippen LogP contribution in [0.25, 0.3) is 0 Å². The first-order valence-corrected chi connectivity index (χ1v) is 12.5. The number of rotatable bonds is 5. The Balaban J connectivity index is 0.000000207. The molecule has 1 aliphatic rings. The van der Waals surface area contributed by atoms with E-state index in [1.54, 1.807) is 0 Å². The molecule has 2 heteroatoms. The molecule has 0 unspecified atom stereocenters. The van der Waals surface area contributed by atoms with Crippen LogP contribution in [0.4, 0.5) is 5.69 Å². The normalized spacial score (nSPS) is 13.8. The summed E-state index contributed by atoms with van der Waals surface area (Å²) in [7, 11) is 0. The van der Waals surface area contributed by atoms with Gasteiger partial charge in [-0.2, -0.15) is 22.7 Å². The number of benzene rings is 4. The van der Waals surface area contributed by atoms with Crippen molar-refractivity contribution in [3.8, 4) is 0 Å². The van der Waals surface area contributed by atoms with Crippen LogP contribution in [0.15, 0.2) is 115 Å². The topological polar surface area (TPSA) is 14.0 Å². The highest BCUT2D eigenvalue weighted by Crippen LogP contribution is 2.27. The summed E-state index contributed by atoms with van der Waals surface area (Å²) in [6.07, 6.45) is 2.34. The maximum absolute atomic E-state index is 3.27. The van der Waals surface area contributed by atoms with Gasteiger partial charge in [0.05, 0.1) is 11.6 Å². The fourth-order valence-electron chi connectivity index (χ4n) is 5.54. The SMILES string of the molecule is CC(C)C[B-](c1ccccc1)(c1ccccc1)c1ccccc1.CC1(C)C=[NH+]c2ccccc21. The molecule has 0 radical (unpaired) electrons. The Labute approximate surface area is 205 Å². The average molecular weight is 445 g/mol. The second-order valence-electron chi connectivity index (χ2n) is 10.5. The van der Waals surface area contributed by atoms with E-state index >= 15 is 0 Å². The molecule has 0 atom stereocenters. The van der Waals surface area contributed by atoms with Gasteiger partial charge in [-0.1, -0.05) is 129 Å². The van der Waals surface area contributed by atoms with Gasteiger partial charge in [0.1, 0.15) is 0 Å². The van der Waals surface area contributed by atoms with Crippen LogP contribution >= 0.6 is 0 Å². The summed E-state index contributed by atoms with van der Waals surface area (Å²) in [6.45, 7) is 9.08. The van der Waals surface area contributed by atoms with Crippen LogP contribution in [0.3, 0.4) is 0 Å². The first kappa shape index (κ1) is 23.8. The van der Waals surface area contributed by atoms with Gasteiger partial charge in [0, 0.05) is 11.6 Å². The molecule has 0 spiro atoms. The van der Waals surface area contributed by atoms with Gasteiger partial charge >= 0.3 is 0 Å². The zero-order chi connectivity index (χ0) is 24.0. The molecule has 1 aliphatic heterocycles. The molecule has 4 aromatic carbocycles. The molecule has 172 valence electrons. The van der Waals surface area contributed by atoms with Crippen LogP contribution in [0.2, 0.25) is 6.32 Å². The highest BCUT2D eigenvalue weighted by atomic mass is 14.8. The van der Waals surface area contributed by atoms with Crippen molar-refractivity contribution in [2.45, 2.75) is 39.4 Å². The smallest absolute Gasteiger partial charge is 0.207 e. The molecular formula is C32H36BN. The maximum atomic E-state index is 3.27. The van der Waals surface area contributed by atoms with E-state index in [0.29, 0.717) is 5.92 Å². The summed E-state index contributed by atoms with van der Waals surface area (Å²) in [5.74, 6) is 0.621. The second kappa shape index (κ2) is 10.3. The Hall–Kier alpha value is -3.39. The Bertz CT molecular complexity index is 1110. The number of hydrogen-bond donors (Lipinski definition) is 1. The number of fused-ring (bicyclic) bond motifs is 1. The standard InChI is InChI=1S/C22H24B.C10H11N/c1-19(2)18-23(20-12-6-3-7-13-20,21-14-8-4-9-15-21)22-16-10-5-11-17-22;1-10(2)7-11-9-6-4-3-5-8(9)10/h3-17,19H,18H2,1-2H3;3-7H,1-2H3/q-1;/p+1. The Morgan fingerprint density at radius 1 is 0.618 bits per heavy atom. The number of hydrogen-bond acceptors (Lipinski definition) is 0. The van der Waals surface area contributed by atoms with Gasteiger partial charge in [0.15, 0.2) is 6.21 Å².